The topological polar surface area (TPSA) is 293 Å². The molecule has 7 N–H and O–H groups in total. The Morgan fingerprint density at radius 1 is 0.816 bits per heavy atom. The van der Waals surface area contributed by atoms with Crippen molar-refractivity contribution in [3.05, 3.63) is 172 Å². The maximum absolute atomic E-state index is 13.6. The van der Waals surface area contributed by atoms with Crippen molar-refractivity contribution in [2.24, 2.45) is 7.05 Å². The van der Waals surface area contributed by atoms with E-state index < -0.39 is 54.5 Å². The van der Waals surface area contributed by atoms with E-state index in [-0.39, 0.29) is 61.9 Å². The van der Waals surface area contributed by atoms with Crippen LogP contribution in [0.2, 0.25) is 0 Å². The average molecular weight is 1330 g/mol. The predicted octanol–water partition coefficient (Wildman–Crippen LogP) is 7.41. The number of hydrogen-bond donors (Lipinski definition) is 7. The summed E-state index contributed by atoms with van der Waals surface area (Å²) in [6.45, 7) is 5.11. The largest absolute Gasteiger partial charge is 0.495 e. The molecule has 8 aromatic rings. The molecule has 0 radical (unpaired) electrons. The number of aromatic nitrogens is 4. The highest BCUT2D eigenvalue weighted by molar-refractivity contribution is 6.06. The second-order valence-corrected chi connectivity index (χ2v) is 25.9. The first kappa shape index (κ1) is 66.2. The standard InChI is InChI=1S/C74H78N12O12/c1-73(78-31-11-12-46-19-24-62(95-3)61(38-46)86-35-28-63(87)81-71(86)93)29-36-84(37-30-73)49-26-33-85(34-27-49)70-79-59-23-20-47(57-42-83(2)69(92)66-55(57)25-32-75-66)39-56(59)67(82-70)74(98-50-21-22-50,48-13-5-4-6-14-48)44-96-45-77-64(88)41-76-68(91)60(40-65(89)90)80-72(94)97-43-58-53-17-9-7-15-51(53)52-16-8-10-18-54(52)58/h4-10,13-20,23-25,32,38-39,42,49-50,58,60,75,78H,21-22,26-31,33-37,40-41,43-45H2,1-3H3,(H,76,91)(H,77,88)(H,80,94)(H,89,90)(H,81,87,93)/t60-,74?/m0/s1. The lowest BCUT2D eigenvalue weighted by atomic mass is 9.87. The summed E-state index contributed by atoms with van der Waals surface area (Å²) in [5.74, 6) is 4.09. The molecular weight excluding hydrogens is 1250 g/mol. The van der Waals surface area contributed by atoms with Crippen molar-refractivity contribution in [1.29, 1.82) is 0 Å². The second-order valence-electron chi connectivity index (χ2n) is 25.9. The Balaban J connectivity index is 0.690. The van der Waals surface area contributed by atoms with Crippen LogP contribution < -0.4 is 46.7 Å². The number of aromatic amines is 1. The predicted molar refractivity (Wildman–Crippen MR) is 367 cm³/mol. The molecule has 5 aliphatic rings. The molecule has 1 unspecified atom stereocenters. The van der Waals surface area contributed by atoms with Gasteiger partial charge in [-0.25, -0.2) is 19.6 Å². The molecule has 13 rings (SSSR count). The van der Waals surface area contributed by atoms with Crippen LogP contribution in [-0.4, -0.2) is 162 Å². The van der Waals surface area contributed by atoms with Crippen LogP contribution in [0.15, 0.2) is 139 Å². The highest BCUT2D eigenvalue weighted by atomic mass is 16.6. The molecule has 506 valence electrons. The number of piperidine rings is 2. The zero-order valence-corrected chi connectivity index (χ0v) is 54.9. The van der Waals surface area contributed by atoms with Gasteiger partial charge in [0.15, 0.2) is 5.60 Å². The number of amides is 6. The van der Waals surface area contributed by atoms with E-state index >= 15 is 0 Å². The fourth-order valence-corrected chi connectivity index (χ4v) is 13.9. The number of carbonyl (C=O) groups is 6. The molecule has 6 amide bonds. The molecule has 2 aliphatic carbocycles. The molecule has 0 spiro atoms. The first-order valence-electron chi connectivity index (χ1n) is 33.2. The van der Waals surface area contributed by atoms with Gasteiger partial charge in [0, 0.05) is 98.0 Å². The first-order valence-corrected chi connectivity index (χ1v) is 33.2. The fourth-order valence-electron chi connectivity index (χ4n) is 13.9. The monoisotopic (exact) mass is 1330 g/mol. The molecule has 6 heterocycles. The quantitative estimate of drug-likeness (QED) is 0.0186. The molecule has 3 aliphatic heterocycles. The summed E-state index contributed by atoms with van der Waals surface area (Å²) >= 11 is 0. The minimum Gasteiger partial charge on any atom is -0.495 e. The van der Waals surface area contributed by atoms with Gasteiger partial charge >= 0.3 is 18.1 Å². The molecule has 0 bridgehead atoms. The van der Waals surface area contributed by atoms with Crippen LogP contribution in [0.3, 0.4) is 0 Å². The van der Waals surface area contributed by atoms with Crippen molar-refractivity contribution >= 4 is 69.3 Å². The number of imide groups is 1. The van der Waals surface area contributed by atoms with E-state index in [1.54, 1.807) is 31.0 Å². The van der Waals surface area contributed by atoms with Crippen molar-refractivity contribution in [3.63, 3.8) is 0 Å². The number of nitrogens with one attached hydrogen (secondary N) is 6. The number of urea groups is 1. The summed E-state index contributed by atoms with van der Waals surface area (Å²) in [4.78, 5) is 111. The maximum atomic E-state index is 13.6. The molecule has 3 saturated heterocycles. The van der Waals surface area contributed by atoms with Crippen molar-refractivity contribution in [1.82, 2.24) is 51.0 Å². The number of carbonyl (C=O) groups excluding carboxylic acids is 5. The zero-order valence-electron chi connectivity index (χ0n) is 54.9. The van der Waals surface area contributed by atoms with Gasteiger partial charge in [0.1, 0.15) is 30.6 Å². The van der Waals surface area contributed by atoms with Crippen molar-refractivity contribution < 1.29 is 52.8 Å². The number of H-pyrrole nitrogens is 1. The van der Waals surface area contributed by atoms with E-state index in [4.69, 9.17) is 28.9 Å². The summed E-state index contributed by atoms with van der Waals surface area (Å²) in [7, 11) is 3.27. The number of hydrogen-bond acceptors (Lipinski definition) is 16. The third-order valence-electron chi connectivity index (χ3n) is 19.4. The number of alkyl carbamates (subject to hydrolysis) is 1. The zero-order chi connectivity index (χ0) is 68.1. The van der Waals surface area contributed by atoms with Crippen LogP contribution in [0.5, 0.6) is 5.75 Å². The minimum atomic E-state index is -1.56. The molecule has 5 aromatic carbocycles. The number of aliphatic carboxylic acids is 1. The van der Waals surface area contributed by atoms with E-state index in [0.29, 0.717) is 65.2 Å². The van der Waals surface area contributed by atoms with Crippen LogP contribution in [0, 0.1) is 11.8 Å². The van der Waals surface area contributed by atoms with Crippen LogP contribution in [0.25, 0.3) is 44.1 Å². The van der Waals surface area contributed by atoms with Crippen LogP contribution >= 0.6 is 0 Å². The lowest BCUT2D eigenvalue weighted by Crippen LogP contribution is -2.55. The number of fused-ring (bicyclic) bond motifs is 5. The van der Waals surface area contributed by atoms with Gasteiger partial charge < -0.3 is 64.7 Å². The molecular formula is C74H78N12O12. The number of likely N-dealkylation sites (tertiary alicyclic amines) is 1. The van der Waals surface area contributed by atoms with Gasteiger partial charge in [-0.1, -0.05) is 96.8 Å². The molecule has 3 aromatic heterocycles. The Morgan fingerprint density at radius 3 is 2.27 bits per heavy atom. The number of pyridine rings is 1. The number of benzene rings is 5. The summed E-state index contributed by atoms with van der Waals surface area (Å²) in [6, 6.07) is 37.0. The number of anilines is 2. The van der Waals surface area contributed by atoms with Crippen molar-refractivity contribution in [2.45, 2.75) is 93.5 Å². The highest BCUT2D eigenvalue weighted by Gasteiger charge is 2.45. The molecule has 1 saturated carbocycles. The number of rotatable bonds is 23. The Morgan fingerprint density at radius 2 is 1.55 bits per heavy atom. The Labute approximate surface area is 565 Å². The van der Waals surface area contributed by atoms with E-state index in [9.17, 15) is 38.7 Å². The average Bonchev–Trinajstić information content (AvgIpc) is 0.995. The molecule has 4 fully saturated rings. The number of ether oxygens (including phenoxy) is 4. The lowest BCUT2D eigenvalue weighted by Gasteiger charge is -2.45. The fraction of sp³-hybridized carbons (Fsp3) is 0.365. The minimum absolute atomic E-state index is 0.0576. The SMILES string of the molecule is COc1ccc(C#CCNC2(C)CCN(C3CCN(c4nc(C(COCNC(=O)CNC(=O)[C@H](CC(=O)O)NC(=O)OCC5c6ccccc6-c6ccccc65)(OC5CC5)c5ccccc5)c5cc(-c6cn(C)c(=O)c7[nH]ccc67)ccc5n4)CC3)CC2)cc1N1CCC(=O)NC1=O. The van der Waals surface area contributed by atoms with Gasteiger partial charge in [0.05, 0.1) is 56.2 Å². The van der Waals surface area contributed by atoms with Gasteiger partial charge in [-0.2, -0.15) is 0 Å². The van der Waals surface area contributed by atoms with Crippen LogP contribution in [0.4, 0.5) is 21.2 Å². The maximum Gasteiger partial charge on any atom is 0.407 e. The molecule has 2 atom stereocenters. The number of carboxylic acids is 1. The Bertz CT molecular complexity index is 4440. The van der Waals surface area contributed by atoms with E-state index in [1.165, 1.54) is 4.90 Å². The van der Waals surface area contributed by atoms with Gasteiger partial charge in [0.25, 0.3) is 5.56 Å². The Kier molecular flexibility index (Phi) is 19.4. The van der Waals surface area contributed by atoms with Gasteiger partial charge in [-0.15, -0.1) is 0 Å². The number of aryl methyl sites for hydroxylation is 1. The van der Waals surface area contributed by atoms with E-state index in [1.807, 2.05) is 121 Å². The summed E-state index contributed by atoms with van der Waals surface area (Å²) in [6.07, 6.45) is 7.08. The number of carboxylic acid groups (broad SMARTS) is 1. The normalized spacial score (nSPS) is 17.2. The Hall–Kier alpha value is -10.5. The number of methoxy groups -OCH3 is 1. The molecule has 98 heavy (non-hydrogen) atoms. The van der Waals surface area contributed by atoms with Gasteiger partial charge in [-0.3, -0.25) is 34.2 Å². The van der Waals surface area contributed by atoms with Crippen LogP contribution in [0.1, 0.15) is 92.2 Å². The third-order valence-corrected chi connectivity index (χ3v) is 19.4. The van der Waals surface area contributed by atoms with E-state index in [2.05, 4.69) is 60.1 Å². The summed E-state index contributed by atoms with van der Waals surface area (Å²) < 4.78 is 26.5. The van der Waals surface area contributed by atoms with Gasteiger partial charge in [-0.05, 0) is 115 Å². The van der Waals surface area contributed by atoms with E-state index in [0.717, 1.165) is 102 Å². The first-order chi connectivity index (χ1) is 47.5. The smallest absolute Gasteiger partial charge is 0.407 e. The number of nitrogens with zero attached hydrogens (tertiary/aromatic N) is 6. The lowest BCUT2D eigenvalue weighted by molar-refractivity contribution is -0.140. The molecule has 24 heteroatoms. The van der Waals surface area contributed by atoms with Crippen molar-refractivity contribution in [3.8, 4) is 39.8 Å². The van der Waals surface area contributed by atoms with Crippen LogP contribution in [-0.2, 0) is 46.0 Å². The van der Waals surface area contributed by atoms with Crippen molar-refractivity contribution in [2.75, 3.05) is 82.7 Å². The summed E-state index contributed by atoms with van der Waals surface area (Å²) in [5, 5.41) is 24.9. The molecule has 24 nitrogen and oxygen atoms in total. The second kappa shape index (κ2) is 28.7. The summed E-state index contributed by atoms with van der Waals surface area (Å²) in [5.41, 5.74) is 7.71. The highest BCUT2D eigenvalue weighted by Crippen LogP contribution is 2.46. The third kappa shape index (κ3) is 14.3. The van der Waals surface area contributed by atoms with Gasteiger partial charge in [0.2, 0.25) is 23.7 Å².